The zero-order chi connectivity index (χ0) is 16.2. The van der Waals surface area contributed by atoms with Crippen molar-refractivity contribution in [2.75, 3.05) is 18.4 Å². The number of rotatable bonds is 4. The van der Waals surface area contributed by atoms with Gasteiger partial charge in [0.05, 0.1) is 0 Å². The summed E-state index contributed by atoms with van der Waals surface area (Å²) in [4.78, 5) is 14.9. The Hall–Kier alpha value is -2.13. The van der Waals surface area contributed by atoms with Crippen LogP contribution in [0.3, 0.4) is 0 Å². The number of para-hydroxylation sites is 1. The molecule has 0 saturated carbocycles. The summed E-state index contributed by atoms with van der Waals surface area (Å²) in [6.07, 6.45) is 2.60. The van der Waals surface area contributed by atoms with Crippen LogP contribution in [0.25, 0.3) is 0 Å². The molecule has 0 unspecified atom stereocenters. The zero-order valence-corrected chi connectivity index (χ0v) is 13.9. The van der Waals surface area contributed by atoms with Crippen molar-refractivity contribution >= 4 is 11.6 Å². The first-order valence-electron chi connectivity index (χ1n) is 8.32. The maximum atomic E-state index is 12.5. The number of likely N-dealkylation sites (tertiary alicyclic amines) is 1. The molecule has 1 fully saturated rings. The van der Waals surface area contributed by atoms with Crippen molar-refractivity contribution in [3.63, 3.8) is 0 Å². The minimum atomic E-state index is -0.0462. The van der Waals surface area contributed by atoms with Crippen LogP contribution in [0.2, 0.25) is 0 Å². The molecule has 0 atom stereocenters. The summed E-state index contributed by atoms with van der Waals surface area (Å²) >= 11 is 0. The fraction of sp³-hybridized carbons (Fsp3) is 0.350. The fourth-order valence-corrected chi connectivity index (χ4v) is 3.16. The Kier molecular flexibility index (Phi) is 4.77. The molecule has 1 amide bonds. The Bertz CT molecular complexity index is 665. The third kappa shape index (κ3) is 3.80. The highest BCUT2D eigenvalue weighted by atomic mass is 16.1. The summed E-state index contributed by atoms with van der Waals surface area (Å²) in [7, 11) is 0. The van der Waals surface area contributed by atoms with Crippen LogP contribution in [0, 0.1) is 13.8 Å². The molecule has 1 heterocycles. The molecule has 0 spiro atoms. The number of carbonyl (C=O) groups is 1. The molecule has 3 heteroatoms. The first kappa shape index (κ1) is 15.8. The highest BCUT2D eigenvalue weighted by Gasteiger charge is 2.13. The smallest absolute Gasteiger partial charge is 0.255 e. The minimum absolute atomic E-state index is 0.0462. The third-order valence-electron chi connectivity index (χ3n) is 4.54. The van der Waals surface area contributed by atoms with Gasteiger partial charge in [0.25, 0.3) is 5.91 Å². The predicted molar refractivity (Wildman–Crippen MR) is 94.8 cm³/mol. The summed E-state index contributed by atoms with van der Waals surface area (Å²) < 4.78 is 0. The normalized spacial score (nSPS) is 14.9. The van der Waals surface area contributed by atoms with Crippen molar-refractivity contribution in [3.05, 3.63) is 64.7 Å². The summed E-state index contributed by atoms with van der Waals surface area (Å²) in [5.74, 6) is -0.0462. The zero-order valence-electron chi connectivity index (χ0n) is 13.9. The van der Waals surface area contributed by atoms with E-state index in [1.807, 2.05) is 44.2 Å². The number of nitrogens with zero attached hydrogens (tertiary/aromatic N) is 1. The number of carbonyl (C=O) groups excluding carboxylic acids is 1. The standard InChI is InChI=1S/C20H24N2O/c1-15-6-5-7-16(2)19(15)21-20(23)18-10-8-17(9-11-18)14-22-12-3-4-13-22/h5-11H,3-4,12-14H2,1-2H3,(H,21,23). The van der Waals surface area contributed by atoms with Gasteiger partial charge >= 0.3 is 0 Å². The van der Waals surface area contributed by atoms with Gasteiger partial charge in [-0.1, -0.05) is 30.3 Å². The fourth-order valence-electron chi connectivity index (χ4n) is 3.16. The number of benzene rings is 2. The SMILES string of the molecule is Cc1cccc(C)c1NC(=O)c1ccc(CN2CCCC2)cc1. The first-order chi connectivity index (χ1) is 11.1. The molecule has 0 aliphatic carbocycles. The molecule has 120 valence electrons. The molecule has 2 aromatic rings. The van der Waals surface area contributed by atoms with E-state index in [2.05, 4.69) is 22.3 Å². The van der Waals surface area contributed by atoms with E-state index in [9.17, 15) is 4.79 Å². The van der Waals surface area contributed by atoms with Gasteiger partial charge in [-0.15, -0.1) is 0 Å². The van der Waals surface area contributed by atoms with E-state index in [1.165, 1.54) is 31.5 Å². The molecule has 0 radical (unpaired) electrons. The van der Waals surface area contributed by atoms with Crippen LogP contribution in [0.1, 0.15) is 39.9 Å². The topological polar surface area (TPSA) is 32.3 Å². The second-order valence-electron chi connectivity index (χ2n) is 6.40. The van der Waals surface area contributed by atoms with Crippen molar-refractivity contribution < 1.29 is 4.79 Å². The van der Waals surface area contributed by atoms with E-state index in [4.69, 9.17) is 0 Å². The van der Waals surface area contributed by atoms with Gasteiger partial charge in [-0.2, -0.15) is 0 Å². The molecule has 1 aliphatic rings. The average Bonchev–Trinajstić information content (AvgIpc) is 3.04. The Labute approximate surface area is 138 Å². The van der Waals surface area contributed by atoms with Crippen molar-refractivity contribution in [3.8, 4) is 0 Å². The van der Waals surface area contributed by atoms with Gasteiger partial charge in [0, 0.05) is 17.8 Å². The van der Waals surface area contributed by atoms with E-state index in [0.717, 1.165) is 23.4 Å². The molecular formula is C20H24N2O. The molecule has 3 rings (SSSR count). The molecule has 2 aromatic carbocycles. The minimum Gasteiger partial charge on any atom is -0.322 e. The number of hydrogen-bond acceptors (Lipinski definition) is 2. The van der Waals surface area contributed by atoms with Crippen LogP contribution in [-0.4, -0.2) is 23.9 Å². The molecule has 3 nitrogen and oxygen atoms in total. The van der Waals surface area contributed by atoms with Crippen LogP contribution >= 0.6 is 0 Å². The predicted octanol–water partition coefficient (Wildman–Crippen LogP) is 4.15. The highest BCUT2D eigenvalue weighted by Crippen LogP contribution is 2.20. The summed E-state index contributed by atoms with van der Waals surface area (Å²) in [6, 6.07) is 14.0. The van der Waals surface area contributed by atoms with E-state index in [0.29, 0.717) is 5.56 Å². The second-order valence-corrected chi connectivity index (χ2v) is 6.40. The van der Waals surface area contributed by atoms with Gasteiger partial charge in [0.2, 0.25) is 0 Å². The van der Waals surface area contributed by atoms with E-state index in [-0.39, 0.29) is 5.91 Å². The summed E-state index contributed by atoms with van der Waals surface area (Å²) in [6.45, 7) is 7.39. The van der Waals surface area contributed by atoms with Crippen LogP contribution < -0.4 is 5.32 Å². The van der Waals surface area contributed by atoms with Gasteiger partial charge in [0.1, 0.15) is 0 Å². The number of anilines is 1. The third-order valence-corrected chi connectivity index (χ3v) is 4.54. The molecule has 0 bridgehead atoms. The van der Waals surface area contributed by atoms with Crippen molar-refractivity contribution in [2.45, 2.75) is 33.2 Å². The van der Waals surface area contributed by atoms with Gasteiger partial charge in [-0.25, -0.2) is 0 Å². The van der Waals surface area contributed by atoms with Gasteiger partial charge in [0.15, 0.2) is 0 Å². The molecule has 1 aliphatic heterocycles. The average molecular weight is 308 g/mol. The maximum absolute atomic E-state index is 12.5. The summed E-state index contributed by atoms with van der Waals surface area (Å²) in [5.41, 5.74) is 5.07. The molecule has 1 saturated heterocycles. The largest absolute Gasteiger partial charge is 0.322 e. The quantitative estimate of drug-likeness (QED) is 0.920. The Balaban J connectivity index is 1.67. The Morgan fingerprint density at radius 2 is 1.61 bits per heavy atom. The lowest BCUT2D eigenvalue weighted by Crippen LogP contribution is -2.18. The van der Waals surface area contributed by atoms with Crippen molar-refractivity contribution in [1.29, 1.82) is 0 Å². The van der Waals surface area contributed by atoms with Crippen LogP contribution in [-0.2, 0) is 6.54 Å². The summed E-state index contributed by atoms with van der Waals surface area (Å²) in [5, 5.41) is 3.04. The van der Waals surface area contributed by atoms with Gasteiger partial charge in [-0.3, -0.25) is 9.69 Å². The lowest BCUT2D eigenvalue weighted by Gasteiger charge is -2.15. The lowest BCUT2D eigenvalue weighted by molar-refractivity contribution is 0.102. The molecule has 23 heavy (non-hydrogen) atoms. The van der Waals surface area contributed by atoms with Crippen molar-refractivity contribution in [1.82, 2.24) is 4.90 Å². The van der Waals surface area contributed by atoms with Crippen LogP contribution in [0.4, 0.5) is 5.69 Å². The van der Waals surface area contributed by atoms with E-state index >= 15 is 0 Å². The number of aryl methyl sites for hydroxylation is 2. The number of amides is 1. The van der Waals surface area contributed by atoms with Gasteiger partial charge < -0.3 is 5.32 Å². The van der Waals surface area contributed by atoms with Crippen LogP contribution in [0.5, 0.6) is 0 Å². The first-order valence-corrected chi connectivity index (χ1v) is 8.32. The Morgan fingerprint density at radius 1 is 1.00 bits per heavy atom. The second kappa shape index (κ2) is 6.97. The van der Waals surface area contributed by atoms with Crippen molar-refractivity contribution in [2.24, 2.45) is 0 Å². The Morgan fingerprint density at radius 3 is 2.22 bits per heavy atom. The van der Waals surface area contributed by atoms with Gasteiger partial charge in [-0.05, 0) is 68.6 Å². The lowest BCUT2D eigenvalue weighted by atomic mass is 10.1. The van der Waals surface area contributed by atoms with E-state index < -0.39 is 0 Å². The van der Waals surface area contributed by atoms with E-state index in [1.54, 1.807) is 0 Å². The monoisotopic (exact) mass is 308 g/mol. The molecular weight excluding hydrogens is 284 g/mol. The molecule has 0 aromatic heterocycles. The molecule has 1 N–H and O–H groups in total. The number of hydrogen-bond donors (Lipinski definition) is 1. The number of nitrogens with one attached hydrogen (secondary N) is 1. The maximum Gasteiger partial charge on any atom is 0.255 e. The highest BCUT2D eigenvalue weighted by molar-refractivity contribution is 6.05. The van der Waals surface area contributed by atoms with Crippen LogP contribution in [0.15, 0.2) is 42.5 Å².